The van der Waals surface area contributed by atoms with Crippen LogP contribution in [0, 0.1) is 4.91 Å². The van der Waals surface area contributed by atoms with E-state index in [4.69, 9.17) is 0 Å². The Morgan fingerprint density at radius 2 is 1.62 bits per heavy atom. The fourth-order valence-electron chi connectivity index (χ4n) is 0.105. The molecule has 0 atom stereocenters. The van der Waals surface area contributed by atoms with Crippen molar-refractivity contribution in [1.29, 1.82) is 0 Å². The third-order valence-corrected chi connectivity index (χ3v) is 0.254. The zero-order chi connectivity index (χ0) is 6.41. The van der Waals surface area contributed by atoms with Gasteiger partial charge < -0.3 is 0 Å². The van der Waals surface area contributed by atoms with Gasteiger partial charge >= 0.3 is 5.09 Å². The van der Waals surface area contributed by atoms with Crippen LogP contribution in [-0.2, 0) is 9.88 Å². The molecule has 48 valence electrons. The van der Waals surface area contributed by atoms with Crippen LogP contribution in [0.5, 0.6) is 0 Å². The van der Waals surface area contributed by atoms with Crippen LogP contribution in [0.15, 0.2) is 0 Å². The highest BCUT2D eigenvalue weighted by molar-refractivity contribution is 3.65. The van der Waals surface area contributed by atoms with Crippen molar-refractivity contribution in [3.8, 4) is 0 Å². The van der Waals surface area contributed by atoms with Crippen molar-refractivity contribution in [3.05, 3.63) is 4.91 Å². The zero-order valence-electron chi connectivity index (χ0n) is 3.83. The summed E-state index contributed by atoms with van der Waals surface area (Å²) < 4.78 is 0. The average molecular weight is 124 g/mol. The number of nitrogens with one attached hydrogen (secondary N) is 2. The van der Waals surface area contributed by atoms with E-state index in [2.05, 4.69) is 21.6 Å². The van der Waals surface area contributed by atoms with Gasteiger partial charge in [0.25, 0.3) is 0 Å². The minimum atomic E-state index is -0.361. The minimum absolute atomic E-state index is 0.361. The van der Waals surface area contributed by atoms with Gasteiger partial charge in [0.15, 0.2) is 0 Å². The van der Waals surface area contributed by atoms with Crippen molar-refractivity contribution in [2.45, 2.75) is 0 Å². The van der Waals surface area contributed by atoms with Gasteiger partial charge in [0.1, 0.15) is 4.91 Å². The first-order valence-electron chi connectivity index (χ1n) is 1.53. The van der Waals surface area contributed by atoms with Gasteiger partial charge in [-0.2, -0.15) is 0 Å². The monoisotopic (exact) mass is 124 g/mol. The maximum atomic E-state index is 9.83. The Hall–Kier alpha value is -0.960. The molecule has 0 aromatic rings. The van der Waals surface area contributed by atoms with E-state index in [-0.39, 0.29) is 5.09 Å². The number of hydrogen-bond donors (Lipinski definition) is 4. The van der Waals surface area contributed by atoms with E-state index in [1.54, 1.807) is 11.2 Å². The zero-order valence-corrected chi connectivity index (χ0v) is 3.83. The molecule has 0 spiro atoms. The number of nitrogens with two attached hydrogens (primary N) is 2. The molecule has 0 aliphatic carbocycles. The first-order valence-corrected chi connectivity index (χ1v) is 1.53. The topological polar surface area (TPSA) is 115 Å². The van der Waals surface area contributed by atoms with Crippen molar-refractivity contribution in [3.63, 3.8) is 0 Å². The quantitative estimate of drug-likeness (QED) is 0.239. The highest BCUT2D eigenvalue weighted by atomic mass is 17.1. The van der Waals surface area contributed by atoms with Gasteiger partial charge in [0.05, 0.1) is 0 Å². The Balaban J connectivity index is 3.06. The molecule has 0 heterocycles. The number of rotatable bonds is 4. The molecule has 6 N–H and O–H groups in total. The van der Waals surface area contributed by atoms with Crippen molar-refractivity contribution in [2.75, 3.05) is 0 Å². The molecule has 0 saturated carbocycles. The van der Waals surface area contributed by atoms with Crippen LogP contribution in [0.1, 0.15) is 0 Å². The molecule has 0 radical (unpaired) electrons. The molecular formula is H6N5O3+. The average Bonchev–Trinajstić information content (AvgIpc) is 1.68. The smallest absolute Gasteiger partial charge is 0.232 e. The lowest BCUT2D eigenvalue weighted by Gasteiger charge is -1.84. The first-order chi connectivity index (χ1) is 3.81. The van der Waals surface area contributed by atoms with Crippen LogP contribution in [0.3, 0.4) is 0 Å². The number of hydrogen-bond acceptors (Lipinski definition) is 7. The lowest BCUT2D eigenvalue weighted by atomic mass is 12.7. The summed E-state index contributed by atoms with van der Waals surface area (Å²) in [6.07, 6.45) is 0. The van der Waals surface area contributed by atoms with Crippen molar-refractivity contribution in [2.24, 2.45) is 11.7 Å². The maximum Gasteiger partial charge on any atom is 0.521 e. The molecular weight excluding hydrogens is 118 g/mol. The van der Waals surface area contributed by atoms with Crippen LogP contribution in [0.4, 0.5) is 0 Å². The summed E-state index contributed by atoms with van der Waals surface area (Å²) in [5.74, 6) is 8.99. The molecule has 8 nitrogen and oxygen atoms in total. The predicted molar refractivity (Wildman–Crippen MR) is 20.4 cm³/mol. The van der Waals surface area contributed by atoms with Crippen LogP contribution in [0.2, 0.25) is 0 Å². The molecule has 0 aromatic heterocycles. The lowest BCUT2D eigenvalue weighted by molar-refractivity contribution is -1.00. The van der Waals surface area contributed by atoms with Crippen LogP contribution >= 0.6 is 0 Å². The van der Waals surface area contributed by atoms with Gasteiger partial charge in [-0.25, -0.2) is 11.7 Å². The highest BCUT2D eigenvalue weighted by Crippen LogP contribution is 1.64. The van der Waals surface area contributed by atoms with Crippen molar-refractivity contribution in [1.82, 2.24) is 11.2 Å². The fourth-order valence-corrected chi connectivity index (χ4v) is 0.105. The second kappa shape index (κ2) is 4.21. The van der Waals surface area contributed by atoms with E-state index in [1.807, 2.05) is 0 Å². The van der Waals surface area contributed by atoms with E-state index in [9.17, 15) is 4.91 Å². The van der Waals surface area contributed by atoms with Crippen LogP contribution in [-0.4, -0.2) is 5.09 Å². The van der Waals surface area contributed by atoms with Gasteiger partial charge in [-0.3, -0.25) is 0 Å². The Bertz CT molecular complexity index is 62.1. The molecule has 0 bridgehead atoms. The molecule has 0 saturated heterocycles. The van der Waals surface area contributed by atoms with Crippen molar-refractivity contribution >= 4 is 0 Å². The summed E-state index contributed by atoms with van der Waals surface area (Å²) in [6, 6.07) is 0. The fraction of sp³-hybridized carbons (Fsp3) is 0. The van der Waals surface area contributed by atoms with E-state index in [1.165, 1.54) is 0 Å². The summed E-state index contributed by atoms with van der Waals surface area (Å²) in [4.78, 5) is 17.3. The largest absolute Gasteiger partial charge is 0.521 e. The van der Waals surface area contributed by atoms with Gasteiger partial charge in [-0.05, 0) is 11.2 Å². The summed E-state index contributed by atoms with van der Waals surface area (Å²) in [5, 5.41) is -0.361. The number of nitrogens with zero attached hydrogens (tertiary/aromatic N) is 1. The molecule has 0 aliphatic heterocycles. The second-order valence-electron chi connectivity index (χ2n) is 0.642. The van der Waals surface area contributed by atoms with Gasteiger partial charge in [0, 0.05) is 0 Å². The molecule has 0 amide bonds. The van der Waals surface area contributed by atoms with Gasteiger partial charge in [-0.1, -0.05) is 9.88 Å². The standard InChI is InChI=1S/H6N5O3/c1-3-7-5(6)8-4-2/h3-4H,1-2H2/q+1. The van der Waals surface area contributed by atoms with Gasteiger partial charge in [0.2, 0.25) is 0 Å². The summed E-state index contributed by atoms with van der Waals surface area (Å²) in [7, 11) is 0. The first kappa shape index (κ1) is 7.04. The molecule has 0 aliphatic rings. The number of hydrazine groups is 2. The van der Waals surface area contributed by atoms with E-state index >= 15 is 0 Å². The summed E-state index contributed by atoms with van der Waals surface area (Å²) in [6.45, 7) is 0. The summed E-state index contributed by atoms with van der Waals surface area (Å²) >= 11 is 0. The van der Waals surface area contributed by atoms with Crippen molar-refractivity contribution < 1.29 is 15.0 Å². The predicted octanol–water partition coefficient (Wildman–Crippen LogP) is -2.61. The summed E-state index contributed by atoms with van der Waals surface area (Å²) in [5.41, 5.74) is 3.09. The minimum Gasteiger partial charge on any atom is -0.232 e. The van der Waals surface area contributed by atoms with E-state index < -0.39 is 0 Å². The molecule has 0 fully saturated rings. The van der Waals surface area contributed by atoms with E-state index in [0.717, 1.165) is 0 Å². The molecule has 0 rings (SSSR count). The Labute approximate surface area is 44.0 Å². The third-order valence-electron chi connectivity index (χ3n) is 0.254. The Kier molecular flexibility index (Phi) is 3.70. The van der Waals surface area contributed by atoms with Crippen LogP contribution in [0.25, 0.3) is 0 Å². The van der Waals surface area contributed by atoms with Crippen LogP contribution < -0.4 is 22.9 Å². The highest BCUT2D eigenvalue weighted by Gasteiger charge is 2.08. The maximum absolute atomic E-state index is 9.83. The normalized spacial score (nSPS) is 8.25. The molecule has 0 unspecified atom stereocenters. The Morgan fingerprint density at radius 3 is 1.88 bits per heavy atom. The second-order valence-corrected chi connectivity index (χ2v) is 0.642. The Morgan fingerprint density at radius 1 is 1.25 bits per heavy atom. The molecule has 8 heteroatoms. The lowest BCUT2D eigenvalue weighted by Crippen LogP contribution is -2.34. The van der Waals surface area contributed by atoms with E-state index in [0.29, 0.717) is 0 Å². The SMILES string of the molecule is NNO[N+](=O)ONN. The van der Waals surface area contributed by atoms with Gasteiger partial charge in [-0.15, -0.1) is 0 Å². The molecule has 0 aromatic carbocycles. The molecule has 8 heavy (non-hydrogen) atoms. The third kappa shape index (κ3) is 3.24.